The lowest BCUT2D eigenvalue weighted by atomic mass is 10.1. The second-order valence-electron chi connectivity index (χ2n) is 3.79. The van der Waals surface area contributed by atoms with Crippen molar-refractivity contribution in [2.75, 3.05) is 19.8 Å². The maximum Gasteiger partial charge on any atom is 0.244 e. The smallest absolute Gasteiger partial charge is 0.244 e. The molecule has 0 aliphatic heterocycles. The van der Waals surface area contributed by atoms with E-state index in [0.29, 0.717) is 0 Å². The highest BCUT2D eigenvalue weighted by Gasteiger charge is 2.34. The van der Waals surface area contributed by atoms with Gasteiger partial charge in [-0.2, -0.15) is 4.72 Å². The molecule has 1 aromatic rings. The lowest BCUT2D eigenvalue weighted by Crippen LogP contribution is -2.56. The summed E-state index contributed by atoms with van der Waals surface area (Å²) in [6, 6.07) is 4.66. The monoisotopic (exact) mass is 279 g/mol. The highest BCUT2D eigenvalue weighted by atomic mass is 32.2. The fraction of sp³-hybridized carbons (Fsp3) is 0.400. The van der Waals surface area contributed by atoms with Crippen LogP contribution in [0.4, 0.5) is 4.39 Å². The number of hydrogen-bond acceptors (Lipinski definition) is 5. The first-order valence-electron chi connectivity index (χ1n) is 5.02. The topological polar surface area (TPSA) is 107 Å². The largest absolute Gasteiger partial charge is 0.394 e. The van der Waals surface area contributed by atoms with Crippen molar-refractivity contribution in [3.63, 3.8) is 0 Å². The van der Waals surface area contributed by atoms with E-state index in [0.717, 1.165) is 12.1 Å². The maximum absolute atomic E-state index is 13.4. The summed E-state index contributed by atoms with van der Waals surface area (Å²) in [4.78, 5) is -0.621. The third-order valence-electron chi connectivity index (χ3n) is 2.39. The highest BCUT2D eigenvalue weighted by molar-refractivity contribution is 7.89. The zero-order valence-electron chi connectivity index (χ0n) is 9.38. The molecule has 0 saturated heterocycles. The number of aliphatic hydroxyl groups excluding tert-OH is 3. The van der Waals surface area contributed by atoms with Crippen LogP contribution in [0.15, 0.2) is 29.2 Å². The van der Waals surface area contributed by atoms with Crippen molar-refractivity contribution in [2.24, 2.45) is 0 Å². The van der Waals surface area contributed by atoms with Gasteiger partial charge < -0.3 is 15.3 Å². The first-order chi connectivity index (χ1) is 8.40. The molecule has 0 aliphatic carbocycles. The van der Waals surface area contributed by atoms with Gasteiger partial charge >= 0.3 is 0 Å². The van der Waals surface area contributed by atoms with Gasteiger partial charge in [0.25, 0.3) is 0 Å². The average molecular weight is 279 g/mol. The number of halogens is 1. The Kier molecular flexibility index (Phi) is 4.77. The molecular weight excluding hydrogens is 265 g/mol. The van der Waals surface area contributed by atoms with Gasteiger partial charge in [0.15, 0.2) is 0 Å². The van der Waals surface area contributed by atoms with Gasteiger partial charge in [-0.15, -0.1) is 0 Å². The molecule has 0 fully saturated rings. The minimum atomic E-state index is -4.29. The first-order valence-corrected chi connectivity index (χ1v) is 6.50. The summed E-state index contributed by atoms with van der Waals surface area (Å²) in [6.07, 6.45) is 0. The quantitative estimate of drug-likeness (QED) is 0.524. The van der Waals surface area contributed by atoms with Crippen molar-refractivity contribution >= 4 is 10.0 Å². The molecule has 102 valence electrons. The van der Waals surface area contributed by atoms with Crippen molar-refractivity contribution in [2.45, 2.75) is 10.4 Å². The Morgan fingerprint density at radius 1 is 1.11 bits per heavy atom. The Bertz CT molecular complexity index is 492. The summed E-state index contributed by atoms with van der Waals surface area (Å²) < 4.78 is 39.0. The summed E-state index contributed by atoms with van der Waals surface area (Å²) in [5, 5.41) is 27.0. The predicted molar refractivity (Wildman–Crippen MR) is 60.7 cm³/mol. The van der Waals surface area contributed by atoms with E-state index in [9.17, 15) is 12.8 Å². The summed E-state index contributed by atoms with van der Waals surface area (Å²) in [6.45, 7) is -2.48. The molecule has 0 radical (unpaired) electrons. The van der Waals surface area contributed by atoms with Crippen LogP contribution in [0.5, 0.6) is 0 Å². The minimum absolute atomic E-state index is 0.621. The van der Waals surface area contributed by atoms with Crippen LogP contribution in [0.3, 0.4) is 0 Å². The van der Waals surface area contributed by atoms with Crippen LogP contribution in [0.2, 0.25) is 0 Å². The van der Waals surface area contributed by atoms with Crippen molar-refractivity contribution in [1.29, 1.82) is 0 Å². The van der Waals surface area contributed by atoms with E-state index in [1.165, 1.54) is 12.1 Å². The maximum atomic E-state index is 13.4. The number of hydrogen-bond donors (Lipinski definition) is 4. The fourth-order valence-electron chi connectivity index (χ4n) is 1.25. The average Bonchev–Trinajstić information content (AvgIpc) is 2.36. The highest BCUT2D eigenvalue weighted by Crippen LogP contribution is 2.16. The van der Waals surface area contributed by atoms with Crippen molar-refractivity contribution in [3.8, 4) is 0 Å². The molecule has 0 aromatic heterocycles. The van der Waals surface area contributed by atoms with Crippen LogP contribution in [0, 0.1) is 5.82 Å². The van der Waals surface area contributed by atoms with Crippen LogP contribution >= 0.6 is 0 Å². The molecule has 0 unspecified atom stereocenters. The van der Waals surface area contributed by atoms with Crippen molar-refractivity contribution < 1.29 is 28.1 Å². The van der Waals surface area contributed by atoms with Crippen molar-refractivity contribution in [1.82, 2.24) is 4.72 Å². The molecule has 0 aliphatic rings. The number of sulfonamides is 1. The standard InChI is InChI=1S/C10H14FNO5S/c11-8-3-1-2-4-9(8)18(16,17)12-10(5-13,6-14)7-15/h1-4,12-15H,5-7H2. The van der Waals surface area contributed by atoms with Crippen LogP contribution in [0.1, 0.15) is 0 Å². The van der Waals surface area contributed by atoms with Crippen molar-refractivity contribution in [3.05, 3.63) is 30.1 Å². The molecule has 0 heterocycles. The van der Waals surface area contributed by atoms with E-state index in [1.807, 2.05) is 4.72 Å². The third kappa shape index (κ3) is 3.03. The molecule has 1 rings (SSSR count). The van der Waals surface area contributed by atoms with Crippen LogP contribution in [0.25, 0.3) is 0 Å². The second-order valence-corrected chi connectivity index (χ2v) is 5.44. The Balaban J connectivity index is 3.13. The third-order valence-corrected chi connectivity index (χ3v) is 4.00. The van der Waals surface area contributed by atoms with E-state index in [4.69, 9.17) is 15.3 Å². The van der Waals surface area contributed by atoms with E-state index >= 15 is 0 Å². The molecule has 6 nitrogen and oxygen atoms in total. The van der Waals surface area contributed by atoms with Gasteiger partial charge in [-0.1, -0.05) is 12.1 Å². The molecule has 0 spiro atoms. The zero-order valence-corrected chi connectivity index (χ0v) is 10.2. The van der Waals surface area contributed by atoms with E-state index < -0.39 is 46.1 Å². The number of benzene rings is 1. The second kappa shape index (κ2) is 5.72. The van der Waals surface area contributed by atoms with Gasteiger partial charge in [-0.05, 0) is 12.1 Å². The van der Waals surface area contributed by atoms with Crippen LogP contribution in [-0.2, 0) is 10.0 Å². The van der Waals surface area contributed by atoms with Gasteiger partial charge in [0.05, 0.1) is 19.8 Å². The number of rotatable bonds is 6. The molecule has 8 heteroatoms. The van der Waals surface area contributed by atoms with Gasteiger partial charge in [0.1, 0.15) is 16.3 Å². The summed E-state index contributed by atoms with van der Waals surface area (Å²) in [5.41, 5.74) is -1.83. The van der Waals surface area contributed by atoms with Gasteiger partial charge in [0, 0.05) is 0 Å². The molecule has 4 N–H and O–H groups in total. The predicted octanol–water partition coefficient (Wildman–Crippen LogP) is -1.18. The Labute approximate surface area is 104 Å². The molecule has 1 aromatic carbocycles. The van der Waals surface area contributed by atoms with Crippen LogP contribution < -0.4 is 4.72 Å². The Morgan fingerprint density at radius 3 is 2.06 bits per heavy atom. The summed E-state index contributed by atoms with van der Waals surface area (Å²) >= 11 is 0. The SMILES string of the molecule is O=S(=O)(NC(CO)(CO)CO)c1ccccc1F. The van der Waals surface area contributed by atoms with Gasteiger partial charge in [0.2, 0.25) is 10.0 Å². The minimum Gasteiger partial charge on any atom is -0.394 e. The molecule has 0 amide bonds. The number of aliphatic hydroxyl groups is 3. The van der Waals surface area contributed by atoms with E-state index in [1.54, 1.807) is 0 Å². The van der Waals surface area contributed by atoms with Gasteiger partial charge in [-0.3, -0.25) is 0 Å². The van der Waals surface area contributed by atoms with Crippen LogP contribution in [-0.4, -0.2) is 49.1 Å². The fourth-order valence-corrected chi connectivity index (χ4v) is 2.71. The van der Waals surface area contributed by atoms with E-state index in [-0.39, 0.29) is 0 Å². The molecule has 0 atom stereocenters. The molecular formula is C10H14FNO5S. The normalized spacial score (nSPS) is 12.7. The summed E-state index contributed by atoms with van der Waals surface area (Å²) in [5.74, 6) is -0.965. The first kappa shape index (κ1) is 15.0. The molecule has 18 heavy (non-hydrogen) atoms. The van der Waals surface area contributed by atoms with Gasteiger partial charge in [-0.25, -0.2) is 12.8 Å². The molecule has 0 bridgehead atoms. The Hall–Kier alpha value is -1.06. The lowest BCUT2D eigenvalue weighted by molar-refractivity contribution is 0.0581. The number of nitrogens with one attached hydrogen (secondary N) is 1. The zero-order chi connectivity index (χ0) is 13.8. The molecule has 0 saturated carbocycles. The lowest BCUT2D eigenvalue weighted by Gasteiger charge is -2.28. The Morgan fingerprint density at radius 2 is 1.61 bits per heavy atom. The summed E-state index contributed by atoms with van der Waals surface area (Å²) in [7, 11) is -4.29. The van der Waals surface area contributed by atoms with E-state index in [2.05, 4.69) is 0 Å².